The van der Waals surface area contributed by atoms with Crippen molar-refractivity contribution in [1.29, 1.82) is 0 Å². The number of anilines is 1. The molecule has 7 nitrogen and oxygen atoms in total. The van der Waals surface area contributed by atoms with Crippen LogP contribution in [0.1, 0.15) is 25.0 Å². The first-order valence-electron chi connectivity index (χ1n) is 9.99. The second kappa shape index (κ2) is 10.8. The molecule has 2 rings (SSSR count). The molecule has 32 heavy (non-hydrogen) atoms. The maximum atomic E-state index is 13.6. The molecule has 0 fully saturated rings. The Balaban J connectivity index is 2.40. The molecule has 1 N–H and O–H groups in total. The van der Waals surface area contributed by atoms with Crippen molar-refractivity contribution in [3.63, 3.8) is 0 Å². The van der Waals surface area contributed by atoms with Gasteiger partial charge in [-0.1, -0.05) is 41.4 Å². The normalized spacial score (nSPS) is 12.2. The van der Waals surface area contributed by atoms with Gasteiger partial charge in [0.05, 0.1) is 17.0 Å². The van der Waals surface area contributed by atoms with E-state index in [0.717, 1.165) is 33.8 Å². The first-order chi connectivity index (χ1) is 14.9. The average molecular weight is 484 g/mol. The Hall–Kier alpha value is -2.65. The van der Waals surface area contributed by atoms with E-state index in [9.17, 15) is 22.4 Å². The zero-order valence-corrected chi connectivity index (χ0v) is 20.0. The number of sulfonamides is 1. The van der Waals surface area contributed by atoms with Crippen LogP contribution >= 0.6 is 11.6 Å². The van der Waals surface area contributed by atoms with Crippen molar-refractivity contribution >= 4 is 39.1 Å². The van der Waals surface area contributed by atoms with E-state index in [4.69, 9.17) is 11.6 Å². The number of halogens is 2. The van der Waals surface area contributed by atoms with E-state index in [1.54, 1.807) is 13.8 Å². The zero-order valence-electron chi connectivity index (χ0n) is 18.4. The molecule has 2 amide bonds. The number of nitrogens with one attached hydrogen (secondary N) is 1. The van der Waals surface area contributed by atoms with Gasteiger partial charge in [0, 0.05) is 13.1 Å². The SMILES string of the molecule is CCNC(=O)[C@@H](C)N(Cc1cccc(C)c1)C(=O)CN(c1ccc(F)c(Cl)c1)S(C)(=O)=O. The number of hydrogen-bond acceptors (Lipinski definition) is 4. The van der Waals surface area contributed by atoms with Gasteiger partial charge in [0.15, 0.2) is 0 Å². The van der Waals surface area contributed by atoms with Gasteiger partial charge in [0.2, 0.25) is 21.8 Å². The molecular weight excluding hydrogens is 457 g/mol. The van der Waals surface area contributed by atoms with Crippen molar-refractivity contribution in [3.8, 4) is 0 Å². The third kappa shape index (κ3) is 6.67. The van der Waals surface area contributed by atoms with Gasteiger partial charge in [-0.25, -0.2) is 12.8 Å². The number of hydrogen-bond donors (Lipinski definition) is 1. The summed E-state index contributed by atoms with van der Waals surface area (Å²) in [4.78, 5) is 27.1. The molecule has 0 spiro atoms. The number of amides is 2. The topological polar surface area (TPSA) is 86.8 Å². The summed E-state index contributed by atoms with van der Waals surface area (Å²) >= 11 is 5.81. The molecule has 174 valence electrons. The van der Waals surface area contributed by atoms with E-state index in [0.29, 0.717) is 6.54 Å². The fourth-order valence-corrected chi connectivity index (χ4v) is 4.18. The molecule has 0 saturated heterocycles. The molecule has 2 aromatic rings. The van der Waals surface area contributed by atoms with Gasteiger partial charge >= 0.3 is 0 Å². The Morgan fingerprint density at radius 2 is 1.88 bits per heavy atom. The van der Waals surface area contributed by atoms with Gasteiger partial charge in [-0.2, -0.15) is 0 Å². The van der Waals surface area contributed by atoms with Crippen molar-refractivity contribution in [2.75, 3.05) is 23.7 Å². The van der Waals surface area contributed by atoms with Crippen LogP contribution in [0.5, 0.6) is 0 Å². The van der Waals surface area contributed by atoms with Crippen molar-refractivity contribution in [2.45, 2.75) is 33.4 Å². The van der Waals surface area contributed by atoms with Crippen molar-refractivity contribution < 1.29 is 22.4 Å². The lowest BCUT2D eigenvalue weighted by Gasteiger charge is -2.31. The Labute approximate surface area is 193 Å². The van der Waals surface area contributed by atoms with Gasteiger partial charge in [-0.05, 0) is 44.5 Å². The van der Waals surface area contributed by atoms with Crippen LogP contribution in [0.25, 0.3) is 0 Å². The first kappa shape index (κ1) is 25.6. The maximum absolute atomic E-state index is 13.6. The van der Waals surface area contributed by atoms with Crippen LogP contribution in [0.4, 0.5) is 10.1 Å². The molecule has 2 aromatic carbocycles. The van der Waals surface area contributed by atoms with Gasteiger partial charge in [0.25, 0.3) is 0 Å². The number of aryl methyl sites for hydroxylation is 1. The molecule has 0 saturated carbocycles. The summed E-state index contributed by atoms with van der Waals surface area (Å²) in [7, 11) is -3.91. The Morgan fingerprint density at radius 3 is 2.44 bits per heavy atom. The lowest BCUT2D eigenvalue weighted by molar-refractivity contribution is -0.139. The summed E-state index contributed by atoms with van der Waals surface area (Å²) in [6, 6.07) is 10.0. The predicted molar refractivity (Wildman–Crippen MR) is 123 cm³/mol. The fraction of sp³-hybridized carbons (Fsp3) is 0.364. The number of carbonyl (C=O) groups excluding carboxylic acids is 2. The van der Waals surface area contributed by atoms with Crippen LogP contribution in [0.15, 0.2) is 42.5 Å². The zero-order chi connectivity index (χ0) is 24.1. The van der Waals surface area contributed by atoms with E-state index in [1.165, 1.54) is 11.0 Å². The number of rotatable bonds is 9. The summed E-state index contributed by atoms with van der Waals surface area (Å²) in [5, 5.41) is 2.42. The molecule has 0 unspecified atom stereocenters. The van der Waals surface area contributed by atoms with E-state index < -0.39 is 34.3 Å². The molecule has 0 heterocycles. The third-order valence-electron chi connectivity index (χ3n) is 4.82. The molecule has 10 heteroatoms. The van der Waals surface area contributed by atoms with Gasteiger partial charge < -0.3 is 10.2 Å². The molecule has 1 atom stereocenters. The van der Waals surface area contributed by atoms with Crippen LogP contribution < -0.4 is 9.62 Å². The summed E-state index contributed by atoms with van der Waals surface area (Å²) in [5.74, 6) is -1.65. The van der Waals surface area contributed by atoms with E-state index in [1.807, 2.05) is 31.2 Å². The second-order valence-corrected chi connectivity index (χ2v) is 9.76. The fourth-order valence-electron chi connectivity index (χ4n) is 3.17. The first-order valence-corrected chi connectivity index (χ1v) is 12.2. The second-order valence-electron chi connectivity index (χ2n) is 7.45. The number of nitrogens with zero attached hydrogens (tertiary/aromatic N) is 2. The molecular formula is C22H27ClFN3O4S. The van der Waals surface area contributed by atoms with E-state index in [2.05, 4.69) is 5.32 Å². The Kier molecular flexibility index (Phi) is 8.63. The van der Waals surface area contributed by atoms with Crippen LogP contribution in [-0.4, -0.2) is 50.5 Å². The number of likely N-dealkylation sites (N-methyl/N-ethyl adjacent to an activating group) is 1. The summed E-state index contributed by atoms with van der Waals surface area (Å²) in [5.41, 5.74) is 1.83. The average Bonchev–Trinajstić information content (AvgIpc) is 2.71. The summed E-state index contributed by atoms with van der Waals surface area (Å²) in [6.07, 6.45) is 0.940. The highest BCUT2D eigenvalue weighted by molar-refractivity contribution is 7.92. The van der Waals surface area contributed by atoms with E-state index in [-0.39, 0.29) is 23.2 Å². The van der Waals surface area contributed by atoms with Crippen LogP contribution in [0.2, 0.25) is 5.02 Å². The number of carbonyl (C=O) groups is 2. The van der Waals surface area contributed by atoms with Crippen LogP contribution in [0, 0.1) is 12.7 Å². The van der Waals surface area contributed by atoms with Gasteiger partial charge in [0.1, 0.15) is 18.4 Å². The van der Waals surface area contributed by atoms with Crippen molar-refractivity contribution in [1.82, 2.24) is 10.2 Å². The maximum Gasteiger partial charge on any atom is 0.244 e. The van der Waals surface area contributed by atoms with E-state index >= 15 is 0 Å². The van der Waals surface area contributed by atoms with Gasteiger partial charge in [-0.3, -0.25) is 13.9 Å². The molecule has 0 radical (unpaired) electrons. The quantitative estimate of drug-likeness (QED) is 0.593. The molecule has 0 aliphatic carbocycles. The Morgan fingerprint density at radius 1 is 1.19 bits per heavy atom. The molecule has 0 aliphatic heterocycles. The van der Waals surface area contributed by atoms with Crippen LogP contribution in [0.3, 0.4) is 0 Å². The van der Waals surface area contributed by atoms with Crippen molar-refractivity contribution in [2.24, 2.45) is 0 Å². The minimum absolute atomic E-state index is 0.0495. The monoisotopic (exact) mass is 483 g/mol. The number of benzene rings is 2. The highest BCUT2D eigenvalue weighted by Gasteiger charge is 2.30. The standard InChI is InChI=1S/C22H27ClFN3O4S/c1-5-25-22(29)16(3)26(13-17-8-6-7-15(2)11-17)21(28)14-27(32(4,30)31)18-9-10-20(24)19(23)12-18/h6-12,16H,5,13-14H2,1-4H3,(H,25,29)/t16-/m1/s1. The highest BCUT2D eigenvalue weighted by Crippen LogP contribution is 2.25. The lowest BCUT2D eigenvalue weighted by atomic mass is 10.1. The smallest absolute Gasteiger partial charge is 0.244 e. The van der Waals surface area contributed by atoms with Crippen molar-refractivity contribution in [3.05, 3.63) is 64.4 Å². The highest BCUT2D eigenvalue weighted by atomic mass is 35.5. The summed E-state index contributed by atoms with van der Waals surface area (Å²) in [6.45, 7) is 5.18. The van der Waals surface area contributed by atoms with Gasteiger partial charge in [-0.15, -0.1) is 0 Å². The minimum Gasteiger partial charge on any atom is -0.355 e. The lowest BCUT2D eigenvalue weighted by Crippen LogP contribution is -2.51. The molecule has 0 bridgehead atoms. The minimum atomic E-state index is -3.91. The molecule has 0 aromatic heterocycles. The van der Waals surface area contributed by atoms with Crippen LogP contribution in [-0.2, 0) is 26.2 Å². The Bertz CT molecular complexity index is 1090. The third-order valence-corrected chi connectivity index (χ3v) is 6.25. The molecule has 0 aliphatic rings. The summed E-state index contributed by atoms with van der Waals surface area (Å²) < 4.78 is 39.3. The predicted octanol–water partition coefficient (Wildman–Crippen LogP) is 3.11. The largest absolute Gasteiger partial charge is 0.355 e.